The molecule has 0 aliphatic carbocycles. The van der Waals surface area contributed by atoms with E-state index in [0.29, 0.717) is 23.7 Å². The topological polar surface area (TPSA) is 73.7 Å². The van der Waals surface area contributed by atoms with Crippen LogP contribution in [0.25, 0.3) is 0 Å². The summed E-state index contributed by atoms with van der Waals surface area (Å²) in [5.74, 6) is -1.30. The second kappa shape index (κ2) is 9.41. The van der Waals surface area contributed by atoms with Crippen molar-refractivity contribution in [3.05, 3.63) is 61.2 Å². The Labute approximate surface area is 189 Å². The molecular weight excluding hydrogens is 466 g/mol. The summed E-state index contributed by atoms with van der Waals surface area (Å²) in [5, 5.41) is 11.5. The van der Waals surface area contributed by atoms with E-state index in [1.807, 2.05) is 31.2 Å². The number of carbonyl (C=O) groups is 2. The summed E-state index contributed by atoms with van der Waals surface area (Å²) in [6.45, 7) is 10.6. The van der Waals surface area contributed by atoms with Gasteiger partial charge in [-0.1, -0.05) is 41.9 Å². The average Bonchev–Trinajstić information content (AvgIpc) is 3.18. The van der Waals surface area contributed by atoms with Gasteiger partial charge in [-0.3, -0.25) is 9.59 Å². The third-order valence-corrected chi connectivity index (χ3v) is 6.94. The molecular formula is C22H26BrN3O3S. The van der Waals surface area contributed by atoms with Crippen LogP contribution >= 0.6 is 27.3 Å². The predicted octanol–water partition coefficient (Wildman–Crippen LogP) is 4.44. The lowest BCUT2D eigenvalue weighted by molar-refractivity contribution is -0.129. The van der Waals surface area contributed by atoms with Crippen LogP contribution in [0.5, 0.6) is 0 Å². The molecule has 0 spiro atoms. The molecule has 1 N–H and O–H groups in total. The molecule has 0 fully saturated rings. The number of aliphatic hydroxyl groups excluding tert-OH is 1. The largest absolute Gasteiger partial charge is 0.503 e. The van der Waals surface area contributed by atoms with Gasteiger partial charge in [0.2, 0.25) is 5.78 Å². The van der Waals surface area contributed by atoms with Crippen LogP contribution in [0.1, 0.15) is 45.8 Å². The molecule has 1 aromatic carbocycles. The highest BCUT2D eigenvalue weighted by Crippen LogP contribution is 2.40. The Bertz CT molecular complexity index is 997. The van der Waals surface area contributed by atoms with Crippen LogP contribution in [-0.4, -0.2) is 57.8 Å². The van der Waals surface area contributed by atoms with E-state index in [1.165, 1.54) is 11.3 Å². The fourth-order valence-electron chi connectivity index (χ4n) is 3.79. The van der Waals surface area contributed by atoms with Crippen LogP contribution in [0, 0.1) is 13.8 Å². The lowest BCUT2D eigenvalue weighted by Gasteiger charge is -2.29. The maximum absolute atomic E-state index is 13.5. The highest BCUT2D eigenvalue weighted by atomic mass is 79.9. The summed E-state index contributed by atoms with van der Waals surface area (Å²) < 4.78 is 0.846. The first-order chi connectivity index (χ1) is 14.3. The Balaban J connectivity index is 2.05. The van der Waals surface area contributed by atoms with Crippen molar-refractivity contribution in [3.63, 3.8) is 0 Å². The lowest BCUT2D eigenvalue weighted by atomic mass is 9.95. The van der Waals surface area contributed by atoms with Crippen LogP contribution in [0.4, 0.5) is 0 Å². The van der Waals surface area contributed by atoms with Gasteiger partial charge in [0.25, 0.3) is 5.91 Å². The van der Waals surface area contributed by atoms with Gasteiger partial charge in [0.05, 0.1) is 27.2 Å². The Morgan fingerprint density at radius 2 is 2.00 bits per heavy atom. The van der Waals surface area contributed by atoms with Gasteiger partial charge in [0, 0.05) is 17.6 Å². The first kappa shape index (κ1) is 22.7. The molecule has 1 aliphatic heterocycles. The van der Waals surface area contributed by atoms with Crippen molar-refractivity contribution < 1.29 is 14.7 Å². The van der Waals surface area contributed by atoms with Gasteiger partial charge in [-0.2, -0.15) is 0 Å². The minimum atomic E-state index is -0.639. The zero-order valence-electron chi connectivity index (χ0n) is 17.6. The second-order valence-corrected chi connectivity index (χ2v) is 9.34. The van der Waals surface area contributed by atoms with Gasteiger partial charge in [-0.05, 0) is 44.6 Å². The Hall–Kier alpha value is -2.03. The Morgan fingerprint density at radius 3 is 2.57 bits per heavy atom. The first-order valence-corrected chi connectivity index (χ1v) is 11.6. The molecule has 2 aromatic rings. The summed E-state index contributed by atoms with van der Waals surface area (Å²) in [6, 6.07) is 6.89. The standard InChI is InChI=1S/C22H26BrN3O3S/c1-5-25(6-2)10-11-26-18(15-8-7-9-16(23)12-15)17(20(28)22(26)29)19(27)21-13(3)24-14(4)30-21/h7-9,12,18,28H,5-6,10-11H2,1-4H3/t18-/m1/s1. The molecule has 1 aliphatic rings. The molecule has 6 nitrogen and oxygen atoms in total. The van der Waals surface area contributed by atoms with Gasteiger partial charge in [-0.25, -0.2) is 4.98 Å². The van der Waals surface area contributed by atoms with Crippen molar-refractivity contribution in [3.8, 4) is 0 Å². The fraction of sp³-hybridized carbons (Fsp3) is 0.409. The summed E-state index contributed by atoms with van der Waals surface area (Å²) in [7, 11) is 0. The molecule has 0 saturated carbocycles. The van der Waals surface area contributed by atoms with Gasteiger partial charge in [-0.15, -0.1) is 11.3 Å². The number of carbonyl (C=O) groups excluding carboxylic acids is 2. The number of aromatic nitrogens is 1. The van der Waals surface area contributed by atoms with Crippen molar-refractivity contribution in [2.24, 2.45) is 0 Å². The number of Topliss-reactive ketones (excluding diaryl/α,β-unsaturated/α-hetero) is 1. The normalized spacial score (nSPS) is 16.8. The highest BCUT2D eigenvalue weighted by Gasteiger charge is 2.44. The van der Waals surface area contributed by atoms with Crippen molar-refractivity contribution in [2.45, 2.75) is 33.7 Å². The smallest absolute Gasteiger partial charge is 0.290 e. The molecule has 0 radical (unpaired) electrons. The van der Waals surface area contributed by atoms with E-state index in [9.17, 15) is 14.7 Å². The number of hydrogen-bond acceptors (Lipinski definition) is 6. The van der Waals surface area contributed by atoms with Gasteiger partial charge in [0.15, 0.2) is 5.76 Å². The summed E-state index contributed by atoms with van der Waals surface area (Å²) >= 11 is 4.76. The number of benzene rings is 1. The molecule has 1 atom stereocenters. The highest BCUT2D eigenvalue weighted by molar-refractivity contribution is 9.10. The van der Waals surface area contributed by atoms with E-state index in [4.69, 9.17) is 0 Å². The van der Waals surface area contributed by atoms with Crippen LogP contribution in [0.3, 0.4) is 0 Å². The van der Waals surface area contributed by atoms with Crippen LogP contribution in [0.2, 0.25) is 0 Å². The van der Waals surface area contributed by atoms with E-state index in [2.05, 4.69) is 39.7 Å². The second-order valence-electron chi connectivity index (χ2n) is 7.22. The third kappa shape index (κ3) is 4.36. The number of hydrogen-bond donors (Lipinski definition) is 1. The molecule has 1 amide bonds. The number of rotatable bonds is 8. The summed E-state index contributed by atoms with van der Waals surface area (Å²) in [4.78, 5) is 35.1. The SMILES string of the molecule is CCN(CC)CCN1C(=O)C(O)=C(C(=O)c2sc(C)nc2C)[C@H]1c1cccc(Br)c1. The van der Waals surface area contributed by atoms with E-state index in [0.717, 1.165) is 28.1 Å². The number of aliphatic hydroxyl groups is 1. The number of thiazole rings is 1. The zero-order valence-corrected chi connectivity index (χ0v) is 20.0. The van der Waals surface area contributed by atoms with E-state index < -0.39 is 17.7 Å². The number of aryl methyl sites for hydroxylation is 2. The molecule has 160 valence electrons. The predicted molar refractivity (Wildman–Crippen MR) is 122 cm³/mol. The molecule has 8 heteroatoms. The van der Waals surface area contributed by atoms with Crippen LogP contribution in [-0.2, 0) is 4.79 Å². The van der Waals surface area contributed by atoms with E-state index >= 15 is 0 Å². The molecule has 3 rings (SSSR count). The van der Waals surface area contributed by atoms with Crippen molar-refractivity contribution in [1.29, 1.82) is 0 Å². The van der Waals surface area contributed by atoms with Crippen LogP contribution < -0.4 is 0 Å². The molecule has 2 heterocycles. The summed E-state index contributed by atoms with van der Waals surface area (Å²) in [6.07, 6.45) is 0. The minimum Gasteiger partial charge on any atom is -0.503 e. The first-order valence-electron chi connectivity index (χ1n) is 9.99. The summed E-state index contributed by atoms with van der Waals surface area (Å²) in [5.41, 5.74) is 1.53. The third-order valence-electron chi connectivity index (χ3n) is 5.37. The van der Waals surface area contributed by atoms with E-state index in [-0.39, 0.29) is 11.4 Å². The molecule has 0 saturated heterocycles. The average molecular weight is 492 g/mol. The fourth-order valence-corrected chi connectivity index (χ4v) is 5.08. The van der Waals surface area contributed by atoms with Gasteiger partial charge >= 0.3 is 0 Å². The zero-order chi connectivity index (χ0) is 22.0. The molecule has 0 unspecified atom stereocenters. The Kier molecular flexibility index (Phi) is 7.10. The number of ketones is 1. The van der Waals surface area contributed by atoms with Crippen molar-refractivity contribution in [2.75, 3.05) is 26.2 Å². The number of likely N-dealkylation sites (N-methyl/N-ethyl adjacent to an activating group) is 1. The maximum Gasteiger partial charge on any atom is 0.290 e. The van der Waals surface area contributed by atoms with Crippen LogP contribution in [0.15, 0.2) is 40.1 Å². The maximum atomic E-state index is 13.5. The van der Waals surface area contributed by atoms with Gasteiger partial charge in [0.1, 0.15) is 0 Å². The van der Waals surface area contributed by atoms with E-state index in [1.54, 1.807) is 11.8 Å². The van der Waals surface area contributed by atoms with Gasteiger partial charge < -0.3 is 14.9 Å². The number of amides is 1. The van der Waals surface area contributed by atoms with Crippen molar-refractivity contribution in [1.82, 2.24) is 14.8 Å². The van der Waals surface area contributed by atoms with Crippen molar-refractivity contribution >= 4 is 39.0 Å². The number of nitrogens with zero attached hydrogens (tertiary/aromatic N) is 3. The monoisotopic (exact) mass is 491 g/mol. The Morgan fingerprint density at radius 1 is 1.30 bits per heavy atom. The lowest BCUT2D eigenvalue weighted by Crippen LogP contribution is -2.38. The molecule has 1 aromatic heterocycles. The molecule has 0 bridgehead atoms. The quantitative estimate of drug-likeness (QED) is 0.552. The number of halogens is 1. The minimum absolute atomic E-state index is 0.129. The molecule has 30 heavy (non-hydrogen) atoms.